The molecule has 3 nitrogen and oxygen atoms in total. The molecule has 0 saturated heterocycles. The molecule has 0 aliphatic carbocycles. The van der Waals surface area contributed by atoms with E-state index in [1.54, 1.807) is 11.3 Å². The maximum absolute atomic E-state index is 8.65. The maximum atomic E-state index is 8.65. The Morgan fingerprint density at radius 1 is 1.44 bits per heavy atom. The summed E-state index contributed by atoms with van der Waals surface area (Å²) >= 11 is 1.72. The van der Waals surface area contributed by atoms with Crippen molar-refractivity contribution in [2.45, 2.75) is 20.4 Å². The van der Waals surface area contributed by atoms with Crippen LogP contribution in [0.2, 0.25) is 0 Å². The molecule has 1 aromatic rings. The number of hydrogen-bond donors (Lipinski definition) is 1. The van der Waals surface area contributed by atoms with E-state index in [4.69, 9.17) is 9.84 Å². The molecule has 0 bridgehead atoms. The number of aliphatic hydroxyl groups excluding tert-OH is 1. The van der Waals surface area contributed by atoms with Gasteiger partial charge in [-0.05, 0) is 19.5 Å². The zero-order valence-corrected chi connectivity index (χ0v) is 11.9. The lowest BCUT2D eigenvalue weighted by Gasteiger charge is -2.19. The summed E-state index contributed by atoms with van der Waals surface area (Å²) in [5.41, 5.74) is 0.991. The van der Waals surface area contributed by atoms with E-state index in [-0.39, 0.29) is 6.61 Å². The minimum atomic E-state index is -0.0827. The Morgan fingerprint density at radius 2 is 2.28 bits per heavy atom. The number of ether oxygens (including phenoxy) is 1. The fourth-order valence-corrected chi connectivity index (χ4v) is 2.44. The highest BCUT2D eigenvalue weighted by molar-refractivity contribution is 7.10. The summed E-state index contributed by atoms with van der Waals surface area (Å²) in [4.78, 5) is 3.65. The molecule has 0 radical (unpaired) electrons. The van der Waals surface area contributed by atoms with Crippen LogP contribution in [0.4, 0.5) is 0 Å². The first-order chi connectivity index (χ1) is 8.80. The molecule has 0 atom stereocenters. The van der Waals surface area contributed by atoms with Crippen molar-refractivity contribution in [2.24, 2.45) is 0 Å². The molecule has 4 heteroatoms. The minimum Gasteiger partial charge on any atom is -0.384 e. The van der Waals surface area contributed by atoms with E-state index in [1.807, 2.05) is 12.3 Å². The zero-order chi connectivity index (χ0) is 13.2. The summed E-state index contributed by atoms with van der Waals surface area (Å²) in [5, 5.41) is 10.7. The van der Waals surface area contributed by atoms with E-state index >= 15 is 0 Å². The molecule has 0 aromatic carbocycles. The molecule has 18 heavy (non-hydrogen) atoms. The first-order valence-corrected chi connectivity index (χ1v) is 7.15. The average Bonchev–Trinajstić information content (AvgIpc) is 2.83. The fraction of sp³-hybridized carbons (Fsp3) is 0.571. The molecule has 0 fully saturated rings. The van der Waals surface area contributed by atoms with Crippen LogP contribution in [0.15, 0.2) is 11.4 Å². The van der Waals surface area contributed by atoms with Crippen molar-refractivity contribution >= 4 is 11.3 Å². The second kappa shape index (κ2) is 9.12. The van der Waals surface area contributed by atoms with Crippen LogP contribution < -0.4 is 0 Å². The quantitative estimate of drug-likeness (QED) is 0.605. The van der Waals surface area contributed by atoms with Gasteiger partial charge in [0.2, 0.25) is 0 Å². The van der Waals surface area contributed by atoms with Crippen molar-refractivity contribution in [3.8, 4) is 11.8 Å². The van der Waals surface area contributed by atoms with E-state index in [2.05, 4.69) is 29.7 Å². The van der Waals surface area contributed by atoms with Crippen molar-refractivity contribution in [1.29, 1.82) is 0 Å². The summed E-state index contributed by atoms with van der Waals surface area (Å²) in [6.45, 7) is 8.57. The highest BCUT2D eigenvalue weighted by Crippen LogP contribution is 2.16. The lowest BCUT2D eigenvalue weighted by atomic mass is 10.3. The van der Waals surface area contributed by atoms with Gasteiger partial charge in [0.1, 0.15) is 6.61 Å². The van der Waals surface area contributed by atoms with Crippen molar-refractivity contribution in [3.05, 3.63) is 21.9 Å². The van der Waals surface area contributed by atoms with Crippen LogP contribution in [0.25, 0.3) is 0 Å². The largest absolute Gasteiger partial charge is 0.384 e. The Balaban J connectivity index is 2.46. The number of likely N-dealkylation sites (N-methyl/N-ethyl adjacent to an activating group) is 1. The van der Waals surface area contributed by atoms with Crippen LogP contribution in [0.1, 0.15) is 24.3 Å². The molecule has 0 aliphatic heterocycles. The molecule has 0 unspecified atom stereocenters. The van der Waals surface area contributed by atoms with Gasteiger partial charge < -0.3 is 9.84 Å². The van der Waals surface area contributed by atoms with Crippen molar-refractivity contribution < 1.29 is 9.84 Å². The number of hydrogen-bond acceptors (Lipinski definition) is 4. The maximum Gasteiger partial charge on any atom is 0.104 e. The lowest BCUT2D eigenvalue weighted by Crippen LogP contribution is -2.26. The third kappa shape index (κ3) is 5.65. The first kappa shape index (κ1) is 15.2. The van der Waals surface area contributed by atoms with Crippen molar-refractivity contribution in [1.82, 2.24) is 4.90 Å². The summed E-state index contributed by atoms with van der Waals surface area (Å²) in [7, 11) is 0. The standard InChI is InChI=1S/C14H21NO2S/c1-3-15(7-9-17-4-2)11-14-10-13(12-18-14)6-5-8-16/h10,12,16H,3-4,7-9,11H2,1-2H3. The summed E-state index contributed by atoms with van der Waals surface area (Å²) in [5.74, 6) is 5.59. The molecule has 0 amide bonds. The Hall–Kier alpha value is -0.860. The highest BCUT2D eigenvalue weighted by atomic mass is 32.1. The zero-order valence-electron chi connectivity index (χ0n) is 11.1. The molecule has 0 spiro atoms. The van der Waals surface area contributed by atoms with Crippen molar-refractivity contribution in [2.75, 3.05) is 32.9 Å². The van der Waals surface area contributed by atoms with Crippen LogP contribution in [0.3, 0.4) is 0 Å². The molecule has 1 aromatic heterocycles. The van der Waals surface area contributed by atoms with E-state index in [0.717, 1.165) is 38.4 Å². The molecule has 1 N–H and O–H groups in total. The second-order valence-electron chi connectivity index (χ2n) is 3.83. The van der Waals surface area contributed by atoms with Gasteiger partial charge in [-0.2, -0.15) is 0 Å². The molecule has 0 aliphatic rings. The van der Waals surface area contributed by atoms with Gasteiger partial charge in [-0.25, -0.2) is 0 Å². The molecule has 100 valence electrons. The van der Waals surface area contributed by atoms with Gasteiger partial charge in [0, 0.05) is 35.5 Å². The van der Waals surface area contributed by atoms with E-state index in [9.17, 15) is 0 Å². The number of rotatable bonds is 7. The van der Waals surface area contributed by atoms with Gasteiger partial charge in [-0.15, -0.1) is 11.3 Å². The summed E-state index contributed by atoms with van der Waals surface area (Å²) < 4.78 is 5.37. The first-order valence-electron chi connectivity index (χ1n) is 6.27. The van der Waals surface area contributed by atoms with Crippen LogP contribution in [0, 0.1) is 11.8 Å². The van der Waals surface area contributed by atoms with Crippen molar-refractivity contribution in [3.63, 3.8) is 0 Å². The average molecular weight is 267 g/mol. The van der Waals surface area contributed by atoms with Gasteiger partial charge in [0.15, 0.2) is 0 Å². The van der Waals surface area contributed by atoms with E-state index in [1.165, 1.54) is 4.88 Å². The third-order valence-corrected chi connectivity index (χ3v) is 3.47. The number of thiophene rings is 1. The predicted octanol–water partition coefficient (Wildman–Crippen LogP) is 1.95. The molecular weight excluding hydrogens is 246 g/mol. The topological polar surface area (TPSA) is 32.7 Å². The molecule has 1 rings (SSSR count). The fourth-order valence-electron chi connectivity index (χ4n) is 1.58. The number of nitrogens with zero attached hydrogens (tertiary/aromatic N) is 1. The summed E-state index contributed by atoms with van der Waals surface area (Å²) in [6.07, 6.45) is 0. The van der Waals surface area contributed by atoms with Crippen LogP contribution in [-0.2, 0) is 11.3 Å². The van der Waals surface area contributed by atoms with Gasteiger partial charge >= 0.3 is 0 Å². The monoisotopic (exact) mass is 267 g/mol. The van der Waals surface area contributed by atoms with Crippen LogP contribution >= 0.6 is 11.3 Å². The Kier molecular flexibility index (Phi) is 7.70. The predicted molar refractivity (Wildman–Crippen MR) is 75.7 cm³/mol. The normalized spacial score (nSPS) is 10.4. The second-order valence-corrected chi connectivity index (χ2v) is 4.82. The van der Waals surface area contributed by atoms with E-state index < -0.39 is 0 Å². The Labute approximate surface area is 113 Å². The Bertz CT molecular complexity index is 392. The van der Waals surface area contributed by atoms with Gasteiger partial charge in [-0.1, -0.05) is 18.8 Å². The minimum absolute atomic E-state index is 0.0827. The smallest absolute Gasteiger partial charge is 0.104 e. The molecule has 0 saturated carbocycles. The third-order valence-electron chi connectivity index (χ3n) is 2.55. The Morgan fingerprint density at radius 3 is 2.94 bits per heavy atom. The van der Waals surface area contributed by atoms with Crippen LogP contribution in [0.5, 0.6) is 0 Å². The summed E-state index contributed by atoms with van der Waals surface area (Å²) in [6, 6.07) is 2.09. The van der Waals surface area contributed by atoms with Crippen LogP contribution in [-0.4, -0.2) is 42.9 Å². The van der Waals surface area contributed by atoms with E-state index in [0.29, 0.717) is 0 Å². The molecule has 1 heterocycles. The SMILES string of the molecule is CCOCCN(CC)Cc1cc(C#CCO)cs1. The molecular formula is C14H21NO2S. The number of aliphatic hydroxyl groups is 1. The van der Waals surface area contributed by atoms with Gasteiger partial charge in [0.05, 0.1) is 6.61 Å². The van der Waals surface area contributed by atoms with Gasteiger partial charge in [0.25, 0.3) is 0 Å². The lowest BCUT2D eigenvalue weighted by molar-refractivity contribution is 0.113. The van der Waals surface area contributed by atoms with Gasteiger partial charge in [-0.3, -0.25) is 4.90 Å². The highest BCUT2D eigenvalue weighted by Gasteiger charge is 2.05.